The Morgan fingerprint density at radius 2 is 1.80 bits per heavy atom. The van der Waals surface area contributed by atoms with Crippen molar-refractivity contribution in [3.05, 3.63) is 11.6 Å². The minimum Gasteiger partial charge on any atom is -0.390 e. The predicted molar refractivity (Wildman–Crippen MR) is 93.2 cm³/mol. The van der Waals surface area contributed by atoms with Crippen LogP contribution in [0.3, 0.4) is 0 Å². The largest absolute Gasteiger partial charge is 0.390 e. The van der Waals surface area contributed by atoms with Crippen molar-refractivity contribution in [3.8, 4) is 12.3 Å². The van der Waals surface area contributed by atoms with Crippen molar-refractivity contribution in [1.82, 2.24) is 0 Å². The van der Waals surface area contributed by atoms with E-state index in [2.05, 4.69) is 19.8 Å². The number of halogens is 1. The first kappa shape index (κ1) is 17.5. The molecule has 25 heavy (non-hydrogen) atoms. The van der Waals surface area contributed by atoms with Crippen molar-refractivity contribution in [3.63, 3.8) is 0 Å². The minimum absolute atomic E-state index is 0.00248. The van der Waals surface area contributed by atoms with Crippen molar-refractivity contribution < 1.29 is 19.7 Å². The molecule has 0 aromatic rings. The Labute approximate surface area is 149 Å². The molecule has 3 N–H and O–H groups in total. The number of hydrogen-bond donors (Lipinski definition) is 3. The van der Waals surface area contributed by atoms with Gasteiger partial charge in [0, 0.05) is 5.41 Å². The molecule has 0 heterocycles. The monoisotopic (exact) mass is 348 g/mol. The Kier molecular flexibility index (Phi) is 3.72. The lowest BCUT2D eigenvalue weighted by Gasteiger charge is -2.59. The Hall–Kier alpha value is -0.890. The summed E-state index contributed by atoms with van der Waals surface area (Å²) in [6, 6.07) is 0. The summed E-state index contributed by atoms with van der Waals surface area (Å²) in [6.07, 6.45) is 8.48. The summed E-state index contributed by atoms with van der Waals surface area (Å²) in [5.74, 6) is 2.95. The molecule has 0 aromatic heterocycles. The topological polar surface area (TPSA) is 60.7 Å². The third-order valence-electron chi connectivity index (χ3n) is 8.54. The van der Waals surface area contributed by atoms with E-state index in [0.29, 0.717) is 18.4 Å². The van der Waals surface area contributed by atoms with Gasteiger partial charge in [0.05, 0.1) is 12.2 Å². The maximum absolute atomic E-state index is 14.7. The highest BCUT2D eigenvalue weighted by Gasteiger charge is 2.65. The lowest BCUT2D eigenvalue weighted by atomic mass is 9.46. The highest BCUT2D eigenvalue weighted by molar-refractivity contribution is 5.33. The van der Waals surface area contributed by atoms with E-state index < -0.39 is 29.4 Å². The number of aliphatic hydroxyl groups is 3. The zero-order valence-electron chi connectivity index (χ0n) is 15.1. The molecule has 138 valence electrons. The molecule has 0 spiro atoms. The molecule has 0 unspecified atom stereocenters. The molecule has 0 aromatic carbocycles. The summed E-state index contributed by atoms with van der Waals surface area (Å²) in [5.41, 5.74) is -1.23. The molecular formula is C21H29FO3. The van der Waals surface area contributed by atoms with Gasteiger partial charge in [-0.3, -0.25) is 0 Å². The highest BCUT2D eigenvalue weighted by Crippen LogP contribution is 2.67. The Morgan fingerprint density at radius 1 is 1.12 bits per heavy atom. The fourth-order valence-corrected chi connectivity index (χ4v) is 6.91. The van der Waals surface area contributed by atoms with Crippen LogP contribution in [0.5, 0.6) is 0 Å². The van der Waals surface area contributed by atoms with Crippen LogP contribution in [-0.2, 0) is 0 Å². The summed E-state index contributed by atoms with van der Waals surface area (Å²) in [5, 5.41) is 31.8. The summed E-state index contributed by atoms with van der Waals surface area (Å²) in [7, 11) is 0. The first-order valence-electron chi connectivity index (χ1n) is 9.60. The number of alkyl halides is 1. The van der Waals surface area contributed by atoms with Crippen LogP contribution < -0.4 is 0 Å². The van der Waals surface area contributed by atoms with Gasteiger partial charge in [0.15, 0.2) is 0 Å². The van der Waals surface area contributed by atoms with E-state index in [9.17, 15) is 19.7 Å². The molecule has 4 aliphatic rings. The Morgan fingerprint density at radius 3 is 2.48 bits per heavy atom. The third kappa shape index (κ3) is 2.04. The molecule has 0 bridgehead atoms. The quantitative estimate of drug-likeness (QED) is 0.466. The van der Waals surface area contributed by atoms with Crippen molar-refractivity contribution in [2.75, 3.05) is 0 Å². The second kappa shape index (κ2) is 5.31. The van der Waals surface area contributed by atoms with E-state index in [-0.39, 0.29) is 23.2 Å². The van der Waals surface area contributed by atoms with Gasteiger partial charge in [0.2, 0.25) is 0 Å². The summed E-state index contributed by atoms with van der Waals surface area (Å²) in [4.78, 5) is 0. The number of terminal acetylenes is 1. The van der Waals surface area contributed by atoms with Gasteiger partial charge in [-0.2, -0.15) is 0 Å². The SMILES string of the molecule is C#C[C@]1(O)CC[C@H]2[C@@H]3[C@@H](O)C=C4[C@@H](F)[C@H](O)CC[C@]4(C)[C@H]3CC[C@@]21C. The van der Waals surface area contributed by atoms with Gasteiger partial charge < -0.3 is 15.3 Å². The van der Waals surface area contributed by atoms with Crippen LogP contribution in [0.25, 0.3) is 0 Å². The van der Waals surface area contributed by atoms with Gasteiger partial charge in [0.1, 0.15) is 11.8 Å². The lowest BCUT2D eigenvalue weighted by Crippen LogP contribution is -2.58. The van der Waals surface area contributed by atoms with Crippen molar-refractivity contribution in [1.29, 1.82) is 0 Å². The number of aliphatic hydroxyl groups excluding tert-OH is 2. The van der Waals surface area contributed by atoms with Crippen LogP contribution in [0, 0.1) is 40.9 Å². The van der Waals surface area contributed by atoms with Crippen LogP contribution >= 0.6 is 0 Å². The smallest absolute Gasteiger partial charge is 0.148 e. The fourth-order valence-electron chi connectivity index (χ4n) is 6.91. The second-order valence-electron chi connectivity index (χ2n) is 9.33. The molecule has 4 heteroatoms. The molecule has 9 atom stereocenters. The van der Waals surface area contributed by atoms with Gasteiger partial charge in [-0.25, -0.2) is 4.39 Å². The van der Waals surface area contributed by atoms with Gasteiger partial charge in [-0.1, -0.05) is 25.8 Å². The second-order valence-corrected chi connectivity index (χ2v) is 9.33. The molecule has 0 amide bonds. The zero-order valence-corrected chi connectivity index (χ0v) is 15.1. The van der Waals surface area contributed by atoms with Gasteiger partial charge >= 0.3 is 0 Å². The van der Waals surface area contributed by atoms with Gasteiger partial charge in [0.25, 0.3) is 0 Å². The lowest BCUT2D eigenvalue weighted by molar-refractivity contribution is -0.127. The minimum atomic E-state index is -1.38. The highest BCUT2D eigenvalue weighted by atomic mass is 19.1. The van der Waals surface area contributed by atoms with Crippen LogP contribution in [0.1, 0.15) is 52.4 Å². The summed E-state index contributed by atoms with van der Waals surface area (Å²) >= 11 is 0. The summed E-state index contributed by atoms with van der Waals surface area (Å²) < 4.78 is 14.7. The normalized spacial score (nSPS) is 57.7. The average Bonchev–Trinajstić information content (AvgIpc) is 2.86. The van der Waals surface area contributed by atoms with Crippen LogP contribution in [0.15, 0.2) is 11.6 Å². The molecule has 3 nitrogen and oxygen atoms in total. The molecule has 4 aliphatic carbocycles. The van der Waals surface area contributed by atoms with Crippen LogP contribution in [0.2, 0.25) is 0 Å². The Balaban J connectivity index is 1.77. The predicted octanol–water partition coefficient (Wildman–Crippen LogP) is 2.59. The van der Waals surface area contributed by atoms with E-state index in [1.165, 1.54) is 0 Å². The van der Waals surface area contributed by atoms with E-state index in [1.807, 2.05) is 0 Å². The average molecular weight is 348 g/mol. The van der Waals surface area contributed by atoms with Gasteiger partial charge in [-0.15, -0.1) is 6.42 Å². The molecule has 0 aliphatic heterocycles. The maximum Gasteiger partial charge on any atom is 0.148 e. The van der Waals surface area contributed by atoms with Crippen LogP contribution in [0.4, 0.5) is 4.39 Å². The summed E-state index contributed by atoms with van der Waals surface area (Å²) in [6.45, 7) is 4.17. The standard InChI is InChI=1S/C21H29FO3/c1-4-21(25)10-6-13-17-12(5-9-20(13,21)3)19(2)8-7-15(23)18(22)14(19)11-16(17)24/h1,11-13,15-18,23-25H,5-10H2,2-3H3/t12-,13-,15+,16-,17+,18+,19+,20-,21-/m0/s1. The first-order chi connectivity index (χ1) is 11.7. The number of hydrogen-bond acceptors (Lipinski definition) is 3. The molecule has 0 radical (unpaired) electrons. The Bertz CT molecular complexity index is 654. The third-order valence-corrected chi connectivity index (χ3v) is 8.54. The first-order valence-corrected chi connectivity index (χ1v) is 9.60. The molecule has 3 saturated carbocycles. The van der Waals surface area contributed by atoms with Crippen molar-refractivity contribution in [2.45, 2.75) is 76.4 Å². The van der Waals surface area contributed by atoms with Gasteiger partial charge in [-0.05, 0) is 67.3 Å². The number of fused-ring (bicyclic) bond motifs is 5. The van der Waals surface area contributed by atoms with Crippen LogP contribution in [-0.4, -0.2) is 39.3 Å². The molecule has 3 fully saturated rings. The fraction of sp³-hybridized carbons (Fsp3) is 0.810. The molecule has 4 rings (SSSR count). The number of rotatable bonds is 0. The van der Waals surface area contributed by atoms with E-state index in [4.69, 9.17) is 6.42 Å². The maximum atomic E-state index is 14.7. The van der Waals surface area contributed by atoms with Crippen molar-refractivity contribution >= 4 is 0 Å². The van der Waals surface area contributed by atoms with E-state index in [1.54, 1.807) is 6.08 Å². The zero-order chi connectivity index (χ0) is 18.2. The molecule has 0 saturated heterocycles. The molecular weight excluding hydrogens is 319 g/mol. The van der Waals surface area contributed by atoms with Crippen molar-refractivity contribution in [2.24, 2.45) is 28.6 Å². The van der Waals surface area contributed by atoms with E-state index >= 15 is 0 Å². The van der Waals surface area contributed by atoms with E-state index in [0.717, 1.165) is 25.7 Å².